The number of hydrogen-bond acceptors (Lipinski definition) is 6. The van der Waals surface area contributed by atoms with Gasteiger partial charge in [0.2, 0.25) is 0 Å². The molecule has 7 heteroatoms. The van der Waals surface area contributed by atoms with Gasteiger partial charge in [-0.25, -0.2) is 9.78 Å². The predicted molar refractivity (Wildman–Crippen MR) is 105 cm³/mol. The standard InChI is InChI=1S/C21H26N2O5/c1-16-14-18(26-13-10-23(2)19-6-3-4-9-22-19)8-7-17(16)15-21(20(24)25)27-11-5-12-28-21/h3-4,6-9,14H,5,10-13,15H2,1-2H3,(H,24,25). The molecule has 1 N–H and O–H groups in total. The first-order valence-corrected chi connectivity index (χ1v) is 9.36. The Labute approximate surface area is 164 Å². The summed E-state index contributed by atoms with van der Waals surface area (Å²) in [6.07, 6.45) is 2.63. The number of carbonyl (C=O) groups is 1. The summed E-state index contributed by atoms with van der Waals surface area (Å²) >= 11 is 0. The van der Waals surface area contributed by atoms with E-state index in [0.717, 1.165) is 22.7 Å². The van der Waals surface area contributed by atoms with Crippen LogP contribution >= 0.6 is 0 Å². The zero-order chi connectivity index (χ0) is 20.0. The van der Waals surface area contributed by atoms with Gasteiger partial charge in [0.1, 0.15) is 18.2 Å². The maximum absolute atomic E-state index is 11.7. The Bertz CT molecular complexity index is 791. The van der Waals surface area contributed by atoms with E-state index in [-0.39, 0.29) is 6.42 Å². The van der Waals surface area contributed by atoms with Crippen molar-refractivity contribution >= 4 is 11.8 Å². The van der Waals surface area contributed by atoms with Crippen molar-refractivity contribution in [1.29, 1.82) is 0 Å². The lowest BCUT2D eigenvalue weighted by atomic mass is 9.99. The summed E-state index contributed by atoms with van der Waals surface area (Å²) < 4.78 is 16.8. The van der Waals surface area contributed by atoms with Gasteiger partial charge >= 0.3 is 5.97 Å². The number of likely N-dealkylation sites (N-methyl/N-ethyl adjacent to an activating group) is 1. The van der Waals surface area contributed by atoms with Crippen molar-refractivity contribution < 1.29 is 24.1 Å². The second-order valence-corrected chi connectivity index (χ2v) is 6.83. The lowest BCUT2D eigenvalue weighted by Gasteiger charge is -2.33. The predicted octanol–water partition coefficient (Wildman–Crippen LogP) is 2.67. The zero-order valence-electron chi connectivity index (χ0n) is 16.3. The van der Waals surface area contributed by atoms with E-state index in [2.05, 4.69) is 4.98 Å². The number of aliphatic carboxylic acids is 1. The molecule has 2 heterocycles. The number of aromatic nitrogens is 1. The zero-order valence-corrected chi connectivity index (χ0v) is 16.3. The summed E-state index contributed by atoms with van der Waals surface area (Å²) in [6, 6.07) is 11.4. The molecule has 1 aromatic carbocycles. The van der Waals surface area contributed by atoms with Crippen molar-refractivity contribution in [3.05, 3.63) is 53.7 Å². The molecular weight excluding hydrogens is 360 g/mol. The molecule has 7 nitrogen and oxygen atoms in total. The number of aryl methyl sites for hydroxylation is 1. The van der Waals surface area contributed by atoms with E-state index in [0.29, 0.717) is 32.8 Å². The van der Waals surface area contributed by atoms with Gasteiger partial charge in [0.25, 0.3) is 5.79 Å². The van der Waals surface area contributed by atoms with Crippen molar-refractivity contribution in [2.45, 2.75) is 25.6 Å². The molecule has 0 saturated carbocycles. The largest absolute Gasteiger partial charge is 0.492 e. The molecule has 150 valence electrons. The average Bonchev–Trinajstić information content (AvgIpc) is 2.71. The maximum Gasteiger partial charge on any atom is 0.364 e. The molecule has 1 aliphatic heterocycles. The number of hydrogen-bond donors (Lipinski definition) is 1. The number of ether oxygens (including phenoxy) is 3. The topological polar surface area (TPSA) is 81.1 Å². The smallest absolute Gasteiger partial charge is 0.364 e. The van der Waals surface area contributed by atoms with Crippen LogP contribution in [0.1, 0.15) is 17.5 Å². The molecule has 0 bridgehead atoms. The molecule has 0 amide bonds. The van der Waals surface area contributed by atoms with Crippen LogP contribution in [0, 0.1) is 6.92 Å². The molecule has 1 saturated heterocycles. The van der Waals surface area contributed by atoms with E-state index in [1.807, 2.05) is 55.3 Å². The molecule has 1 fully saturated rings. The van der Waals surface area contributed by atoms with Crippen LogP contribution in [0.4, 0.5) is 5.82 Å². The lowest BCUT2D eigenvalue weighted by molar-refractivity contribution is -0.265. The molecule has 3 rings (SSSR count). The third kappa shape index (κ3) is 4.79. The van der Waals surface area contributed by atoms with Gasteiger partial charge in [-0.05, 0) is 48.7 Å². The summed E-state index contributed by atoms with van der Waals surface area (Å²) in [6.45, 7) is 3.91. The van der Waals surface area contributed by atoms with E-state index in [4.69, 9.17) is 14.2 Å². The van der Waals surface area contributed by atoms with Crippen molar-refractivity contribution in [3.8, 4) is 5.75 Å². The van der Waals surface area contributed by atoms with Crippen LogP contribution < -0.4 is 9.64 Å². The highest BCUT2D eigenvalue weighted by molar-refractivity contribution is 5.76. The van der Waals surface area contributed by atoms with Gasteiger partial charge in [0.05, 0.1) is 19.8 Å². The van der Waals surface area contributed by atoms with Crippen LogP contribution in [0.15, 0.2) is 42.6 Å². The molecule has 0 unspecified atom stereocenters. The normalized spacial score (nSPS) is 15.8. The maximum atomic E-state index is 11.7. The highest BCUT2D eigenvalue weighted by Crippen LogP contribution is 2.27. The fourth-order valence-electron chi connectivity index (χ4n) is 3.08. The van der Waals surface area contributed by atoms with Gasteiger partial charge in [0, 0.05) is 19.7 Å². The number of carboxylic acid groups (broad SMARTS) is 1. The van der Waals surface area contributed by atoms with Crippen molar-refractivity contribution in [2.24, 2.45) is 0 Å². The summed E-state index contributed by atoms with van der Waals surface area (Å²) in [7, 11) is 1.97. The van der Waals surface area contributed by atoms with Crippen molar-refractivity contribution in [2.75, 3.05) is 38.3 Å². The summed E-state index contributed by atoms with van der Waals surface area (Å²) in [5, 5.41) is 9.57. The Morgan fingerprint density at radius 1 is 1.29 bits per heavy atom. The molecule has 0 spiro atoms. The van der Waals surface area contributed by atoms with Crippen LogP contribution in [-0.4, -0.2) is 55.3 Å². The Balaban J connectivity index is 1.58. The third-order valence-corrected chi connectivity index (χ3v) is 4.76. The summed E-state index contributed by atoms with van der Waals surface area (Å²) in [5.74, 6) is -1.06. The molecule has 28 heavy (non-hydrogen) atoms. The van der Waals surface area contributed by atoms with Crippen LogP contribution in [-0.2, 0) is 20.7 Å². The second-order valence-electron chi connectivity index (χ2n) is 6.83. The van der Waals surface area contributed by atoms with Gasteiger partial charge in [-0.2, -0.15) is 0 Å². The Hall–Kier alpha value is -2.64. The molecule has 0 aliphatic carbocycles. The number of carboxylic acids is 1. The highest BCUT2D eigenvalue weighted by Gasteiger charge is 2.43. The fourth-order valence-corrected chi connectivity index (χ4v) is 3.08. The van der Waals surface area contributed by atoms with Crippen LogP contribution in [0.2, 0.25) is 0 Å². The van der Waals surface area contributed by atoms with Crippen molar-refractivity contribution in [3.63, 3.8) is 0 Å². The molecule has 0 atom stereocenters. The monoisotopic (exact) mass is 386 g/mol. The molecule has 1 aliphatic rings. The first-order valence-electron chi connectivity index (χ1n) is 9.36. The Kier molecular flexibility index (Phi) is 6.49. The minimum absolute atomic E-state index is 0.164. The number of benzene rings is 1. The number of anilines is 1. The van der Waals surface area contributed by atoms with E-state index >= 15 is 0 Å². The van der Waals surface area contributed by atoms with Gasteiger partial charge in [0.15, 0.2) is 0 Å². The van der Waals surface area contributed by atoms with Gasteiger partial charge < -0.3 is 24.2 Å². The molecular formula is C21H26N2O5. The highest BCUT2D eigenvalue weighted by atomic mass is 16.7. The van der Waals surface area contributed by atoms with Gasteiger partial charge in [-0.15, -0.1) is 0 Å². The minimum Gasteiger partial charge on any atom is -0.492 e. The quantitative estimate of drug-likeness (QED) is 0.747. The first-order chi connectivity index (χ1) is 13.5. The van der Waals surface area contributed by atoms with Crippen molar-refractivity contribution in [1.82, 2.24) is 4.98 Å². The minimum atomic E-state index is -1.60. The summed E-state index contributed by atoms with van der Waals surface area (Å²) in [4.78, 5) is 18.0. The van der Waals surface area contributed by atoms with Gasteiger partial charge in [-0.1, -0.05) is 12.1 Å². The van der Waals surface area contributed by atoms with Crippen LogP contribution in [0.5, 0.6) is 5.75 Å². The van der Waals surface area contributed by atoms with E-state index < -0.39 is 11.8 Å². The van der Waals surface area contributed by atoms with Crippen LogP contribution in [0.3, 0.4) is 0 Å². The molecule has 1 aromatic heterocycles. The number of nitrogens with zero attached hydrogens (tertiary/aromatic N) is 2. The summed E-state index contributed by atoms with van der Waals surface area (Å²) in [5.41, 5.74) is 1.80. The number of rotatable bonds is 8. The SMILES string of the molecule is Cc1cc(OCCN(C)c2ccccn2)ccc1CC1(C(=O)O)OCCCO1. The average molecular weight is 386 g/mol. The lowest BCUT2D eigenvalue weighted by Crippen LogP contribution is -2.49. The van der Waals surface area contributed by atoms with E-state index in [1.54, 1.807) is 6.20 Å². The molecule has 0 radical (unpaired) electrons. The van der Waals surface area contributed by atoms with E-state index in [1.165, 1.54) is 0 Å². The second kappa shape index (κ2) is 9.03. The third-order valence-electron chi connectivity index (χ3n) is 4.76. The van der Waals surface area contributed by atoms with Crippen LogP contribution in [0.25, 0.3) is 0 Å². The fraction of sp³-hybridized carbons (Fsp3) is 0.429. The van der Waals surface area contributed by atoms with E-state index in [9.17, 15) is 9.90 Å². The Morgan fingerprint density at radius 2 is 2.07 bits per heavy atom. The Morgan fingerprint density at radius 3 is 2.71 bits per heavy atom. The molecule has 2 aromatic rings. The van der Waals surface area contributed by atoms with Gasteiger partial charge in [-0.3, -0.25) is 0 Å². The number of pyridine rings is 1. The first kappa shape index (κ1) is 20.1.